The van der Waals surface area contributed by atoms with E-state index in [4.69, 9.17) is 9.47 Å². The number of rotatable bonds is 11. The maximum absolute atomic E-state index is 12.1. The molecule has 0 aliphatic rings. The van der Waals surface area contributed by atoms with Crippen molar-refractivity contribution in [1.29, 1.82) is 0 Å². The summed E-state index contributed by atoms with van der Waals surface area (Å²) in [4.78, 5) is 25.1. The summed E-state index contributed by atoms with van der Waals surface area (Å²) in [5.41, 5.74) is 0. The summed E-state index contributed by atoms with van der Waals surface area (Å²) in [5.74, 6) is -0.607. The van der Waals surface area contributed by atoms with Crippen molar-refractivity contribution in [2.75, 3.05) is 19.9 Å². The fourth-order valence-electron chi connectivity index (χ4n) is 1.72. The van der Waals surface area contributed by atoms with E-state index in [9.17, 15) is 9.59 Å². The number of hydrogen-bond acceptors (Lipinski definition) is 4. The van der Waals surface area contributed by atoms with Crippen LogP contribution >= 0.6 is 0 Å². The zero-order chi connectivity index (χ0) is 17.5. The third kappa shape index (κ3) is 11.4. The van der Waals surface area contributed by atoms with E-state index in [0.717, 1.165) is 25.7 Å². The minimum atomic E-state index is -0.448. The van der Waals surface area contributed by atoms with E-state index < -0.39 is 6.09 Å². The van der Waals surface area contributed by atoms with Crippen LogP contribution in [0.1, 0.15) is 53.4 Å². The summed E-state index contributed by atoms with van der Waals surface area (Å²) in [5, 5.41) is 0. The molecule has 0 unspecified atom stereocenters. The highest BCUT2D eigenvalue weighted by molar-refractivity contribution is 5.72. The van der Waals surface area contributed by atoms with Crippen LogP contribution in [0.5, 0.6) is 0 Å². The highest BCUT2D eigenvalue weighted by Gasteiger charge is 2.15. The Balaban J connectivity index is 4.32. The Bertz CT molecular complexity index is 370. The van der Waals surface area contributed by atoms with Crippen LogP contribution < -0.4 is 0 Å². The first kappa shape index (κ1) is 21.2. The number of ether oxygens (including phenoxy) is 2. The molecule has 0 aromatic heterocycles. The van der Waals surface area contributed by atoms with Gasteiger partial charge in [0.05, 0.1) is 5.92 Å². The number of amides is 1. The van der Waals surface area contributed by atoms with Crippen molar-refractivity contribution in [3.8, 4) is 0 Å². The van der Waals surface area contributed by atoms with Crippen molar-refractivity contribution in [3.63, 3.8) is 0 Å². The van der Waals surface area contributed by atoms with Gasteiger partial charge in [-0.1, -0.05) is 52.0 Å². The van der Waals surface area contributed by atoms with Crippen LogP contribution in [-0.4, -0.2) is 36.8 Å². The first-order chi connectivity index (χ1) is 11.0. The lowest BCUT2D eigenvalue weighted by Gasteiger charge is -2.21. The molecule has 0 bridgehead atoms. The minimum Gasteiger partial charge on any atom is -0.428 e. The summed E-state index contributed by atoms with van der Waals surface area (Å²) < 4.78 is 9.91. The van der Waals surface area contributed by atoms with Crippen LogP contribution in [0, 0.1) is 5.92 Å². The van der Waals surface area contributed by atoms with Crippen LogP contribution in [0.2, 0.25) is 0 Å². The van der Waals surface area contributed by atoms with Gasteiger partial charge >= 0.3 is 12.1 Å². The van der Waals surface area contributed by atoms with E-state index in [-0.39, 0.29) is 18.7 Å². The fraction of sp³-hybridized carbons (Fsp3) is 0.667. The summed E-state index contributed by atoms with van der Waals surface area (Å²) in [6.07, 6.45) is 11.3. The summed E-state index contributed by atoms with van der Waals surface area (Å²) >= 11 is 0. The lowest BCUT2D eigenvalue weighted by atomic mass is 10.2. The molecular formula is C18H31NO4. The van der Waals surface area contributed by atoms with Gasteiger partial charge in [0, 0.05) is 13.1 Å². The van der Waals surface area contributed by atoms with Gasteiger partial charge in [-0.2, -0.15) is 0 Å². The van der Waals surface area contributed by atoms with Crippen LogP contribution in [0.3, 0.4) is 0 Å². The Morgan fingerprint density at radius 2 is 1.43 bits per heavy atom. The highest BCUT2D eigenvalue weighted by Crippen LogP contribution is 2.02. The smallest absolute Gasteiger partial charge is 0.412 e. The molecule has 0 saturated carbocycles. The van der Waals surface area contributed by atoms with Crippen molar-refractivity contribution < 1.29 is 19.1 Å². The van der Waals surface area contributed by atoms with Crippen molar-refractivity contribution in [3.05, 3.63) is 24.3 Å². The van der Waals surface area contributed by atoms with Gasteiger partial charge in [0.1, 0.15) is 0 Å². The zero-order valence-electron chi connectivity index (χ0n) is 14.9. The third-order valence-corrected chi connectivity index (χ3v) is 3.05. The van der Waals surface area contributed by atoms with Crippen molar-refractivity contribution in [2.45, 2.75) is 53.4 Å². The van der Waals surface area contributed by atoms with Crippen LogP contribution in [0.25, 0.3) is 0 Å². The molecule has 0 saturated heterocycles. The quantitative estimate of drug-likeness (QED) is 0.323. The maximum Gasteiger partial charge on any atom is 0.412 e. The Morgan fingerprint density at radius 3 is 1.87 bits per heavy atom. The van der Waals surface area contributed by atoms with Gasteiger partial charge in [0.15, 0.2) is 0 Å². The molecule has 0 aromatic rings. The molecular weight excluding hydrogens is 294 g/mol. The molecule has 0 radical (unpaired) electrons. The third-order valence-electron chi connectivity index (χ3n) is 3.05. The molecule has 0 aromatic carbocycles. The lowest BCUT2D eigenvalue weighted by molar-refractivity contribution is -0.156. The lowest BCUT2D eigenvalue weighted by Crippen LogP contribution is -2.34. The number of carbonyl (C=O) groups is 2. The molecule has 132 valence electrons. The topological polar surface area (TPSA) is 55.8 Å². The largest absolute Gasteiger partial charge is 0.428 e. The van der Waals surface area contributed by atoms with E-state index in [1.165, 1.54) is 0 Å². The molecule has 0 heterocycles. The Morgan fingerprint density at radius 1 is 0.913 bits per heavy atom. The van der Waals surface area contributed by atoms with Crippen LogP contribution in [0.4, 0.5) is 4.79 Å². The predicted octanol–water partition coefficient (Wildman–Crippen LogP) is 4.29. The number of esters is 1. The Hall–Kier alpha value is -1.78. The molecule has 23 heavy (non-hydrogen) atoms. The van der Waals surface area contributed by atoms with Crippen molar-refractivity contribution >= 4 is 12.1 Å². The Kier molecular flexibility index (Phi) is 12.8. The number of nitrogens with zero attached hydrogens (tertiary/aromatic N) is 1. The Labute approximate surface area is 140 Å². The van der Waals surface area contributed by atoms with Gasteiger partial charge in [0.25, 0.3) is 0 Å². The van der Waals surface area contributed by atoms with Crippen molar-refractivity contribution in [1.82, 2.24) is 4.90 Å². The normalized spacial score (nSPS) is 11.3. The molecule has 0 aliphatic heterocycles. The first-order valence-corrected chi connectivity index (χ1v) is 8.41. The molecule has 5 nitrogen and oxygen atoms in total. The van der Waals surface area contributed by atoms with Crippen LogP contribution in [0.15, 0.2) is 24.3 Å². The molecule has 0 N–H and O–H groups in total. The monoisotopic (exact) mass is 325 g/mol. The van der Waals surface area contributed by atoms with Gasteiger partial charge in [0.2, 0.25) is 6.79 Å². The highest BCUT2D eigenvalue weighted by atomic mass is 16.7. The number of allylic oxidation sites excluding steroid dienone is 2. The van der Waals surface area contributed by atoms with E-state index >= 15 is 0 Å². The van der Waals surface area contributed by atoms with Crippen molar-refractivity contribution in [2.24, 2.45) is 5.92 Å². The summed E-state index contributed by atoms with van der Waals surface area (Å²) in [7, 11) is 0. The second-order valence-electron chi connectivity index (χ2n) is 5.47. The number of hydrogen-bond donors (Lipinski definition) is 0. The average Bonchev–Trinajstić information content (AvgIpc) is 2.52. The second-order valence-corrected chi connectivity index (χ2v) is 5.47. The van der Waals surface area contributed by atoms with Gasteiger partial charge in [-0.3, -0.25) is 4.79 Å². The van der Waals surface area contributed by atoms with Gasteiger partial charge < -0.3 is 14.4 Å². The summed E-state index contributed by atoms with van der Waals surface area (Å²) in [6.45, 7) is 8.46. The molecule has 0 spiro atoms. The predicted molar refractivity (Wildman–Crippen MR) is 91.9 cm³/mol. The van der Waals surface area contributed by atoms with Crippen LogP contribution in [-0.2, 0) is 14.3 Å². The number of carbonyl (C=O) groups excluding carboxylic acids is 2. The van der Waals surface area contributed by atoms with E-state index in [1.54, 1.807) is 18.7 Å². The molecule has 0 fully saturated rings. The molecule has 5 heteroatoms. The first-order valence-electron chi connectivity index (χ1n) is 8.41. The van der Waals surface area contributed by atoms with E-state index in [1.807, 2.05) is 0 Å². The minimum absolute atomic E-state index is 0.233. The molecule has 1 amide bonds. The SMILES string of the molecule is CCC=CCCN(CCC=CCC)C(=O)OCOC(=O)C(C)C. The summed E-state index contributed by atoms with van der Waals surface area (Å²) in [6, 6.07) is 0. The van der Waals surface area contributed by atoms with E-state index in [0.29, 0.717) is 13.1 Å². The fourth-order valence-corrected chi connectivity index (χ4v) is 1.72. The molecule has 0 aliphatic carbocycles. The van der Waals surface area contributed by atoms with Gasteiger partial charge in [-0.15, -0.1) is 0 Å². The van der Waals surface area contributed by atoms with Gasteiger partial charge in [-0.25, -0.2) is 4.79 Å². The second kappa shape index (κ2) is 13.9. The zero-order valence-corrected chi connectivity index (χ0v) is 14.9. The average molecular weight is 325 g/mol. The van der Waals surface area contributed by atoms with Gasteiger partial charge in [-0.05, 0) is 25.7 Å². The maximum atomic E-state index is 12.1. The molecule has 0 atom stereocenters. The standard InChI is InChI=1S/C18H31NO4/c1-5-7-9-11-13-19(14-12-10-8-6-2)18(21)23-15-22-17(20)16(3)4/h7-10,16H,5-6,11-15H2,1-4H3. The molecule has 0 rings (SSSR count). The van der Waals surface area contributed by atoms with E-state index in [2.05, 4.69) is 38.2 Å².